The lowest BCUT2D eigenvalue weighted by Gasteiger charge is -2.15. The Morgan fingerprint density at radius 2 is 1.96 bits per heavy atom. The van der Waals surface area contributed by atoms with E-state index in [0.717, 1.165) is 16.8 Å². The van der Waals surface area contributed by atoms with Crippen LogP contribution in [0.15, 0.2) is 47.4 Å². The number of aromatic nitrogens is 3. The average molecular weight is 401 g/mol. The van der Waals surface area contributed by atoms with E-state index in [0.29, 0.717) is 10.7 Å². The predicted octanol–water partition coefficient (Wildman–Crippen LogP) is 3.14. The van der Waals surface area contributed by atoms with Gasteiger partial charge in [0.15, 0.2) is 0 Å². The molecule has 2 heterocycles. The maximum atomic E-state index is 12.8. The normalized spacial score (nSPS) is 12.0. The summed E-state index contributed by atoms with van der Waals surface area (Å²) in [6, 6.07) is 11.3. The zero-order valence-corrected chi connectivity index (χ0v) is 16.6. The lowest BCUT2D eigenvalue weighted by Crippen LogP contribution is -2.33. The molecule has 7 nitrogen and oxygen atoms in total. The number of hydrogen-bond donors (Lipinski definition) is 2. The minimum absolute atomic E-state index is 0.251. The largest absolute Gasteiger partial charge is 0.481 e. The smallest absolute Gasteiger partial charge is 0.310 e. The fraction of sp³-hybridized carbons (Fsp3) is 0.250. The van der Waals surface area contributed by atoms with Crippen molar-refractivity contribution in [2.45, 2.75) is 26.3 Å². The Morgan fingerprint density at radius 3 is 2.61 bits per heavy atom. The van der Waals surface area contributed by atoms with Gasteiger partial charge in [0.25, 0.3) is 5.56 Å². The number of carboxylic acid groups (broad SMARTS) is 1. The summed E-state index contributed by atoms with van der Waals surface area (Å²) in [5, 5.41) is 14.2. The molecule has 0 amide bonds. The highest BCUT2D eigenvalue weighted by Gasteiger charge is 2.21. The summed E-state index contributed by atoms with van der Waals surface area (Å²) in [4.78, 5) is 24.1. The highest BCUT2D eigenvalue weighted by Crippen LogP contribution is 2.28. The zero-order valence-electron chi connectivity index (χ0n) is 15.8. The van der Waals surface area contributed by atoms with Crippen molar-refractivity contribution in [1.29, 1.82) is 0 Å². The van der Waals surface area contributed by atoms with E-state index in [1.165, 1.54) is 11.6 Å². The fourth-order valence-corrected chi connectivity index (χ4v) is 3.31. The molecule has 1 atom stereocenters. The maximum Gasteiger partial charge on any atom is 0.310 e. The number of rotatable bonds is 6. The van der Waals surface area contributed by atoms with Gasteiger partial charge in [0, 0.05) is 29.9 Å². The molecule has 2 aromatic heterocycles. The highest BCUT2D eigenvalue weighted by molar-refractivity contribution is 6.30. The van der Waals surface area contributed by atoms with Gasteiger partial charge < -0.3 is 10.5 Å². The molecule has 0 aliphatic rings. The fourth-order valence-electron chi connectivity index (χ4n) is 3.11. The molecule has 0 aliphatic carbocycles. The minimum Gasteiger partial charge on any atom is -0.481 e. The first kappa shape index (κ1) is 19.7. The highest BCUT2D eigenvalue weighted by atomic mass is 35.5. The van der Waals surface area contributed by atoms with Crippen molar-refractivity contribution in [3.8, 4) is 11.3 Å². The first-order chi connectivity index (χ1) is 13.3. The Morgan fingerprint density at radius 1 is 1.29 bits per heavy atom. The Hall–Kier alpha value is -3.06. The van der Waals surface area contributed by atoms with Gasteiger partial charge >= 0.3 is 5.97 Å². The van der Waals surface area contributed by atoms with Crippen molar-refractivity contribution >= 4 is 17.6 Å². The molecular weight excluding hydrogens is 380 g/mol. The Bertz CT molecular complexity index is 1070. The van der Waals surface area contributed by atoms with Crippen LogP contribution in [0.5, 0.6) is 0 Å². The van der Waals surface area contributed by atoms with E-state index in [1.54, 1.807) is 30.9 Å². The van der Waals surface area contributed by atoms with E-state index >= 15 is 0 Å². The molecule has 0 bridgehead atoms. The van der Waals surface area contributed by atoms with E-state index in [4.69, 9.17) is 11.6 Å². The van der Waals surface area contributed by atoms with Gasteiger partial charge in [-0.2, -0.15) is 5.10 Å². The molecule has 1 unspecified atom stereocenters. The second-order valence-electron chi connectivity index (χ2n) is 6.59. The number of carbonyl (C=O) groups is 1. The van der Waals surface area contributed by atoms with Crippen LogP contribution < -0.4 is 11.0 Å². The number of aryl methyl sites for hydroxylation is 2. The van der Waals surface area contributed by atoms with Gasteiger partial charge in [0.05, 0.1) is 18.2 Å². The molecule has 0 saturated carbocycles. The maximum absolute atomic E-state index is 12.8. The molecule has 2 N–H and O–H groups in total. The first-order valence-electron chi connectivity index (χ1n) is 8.77. The second kappa shape index (κ2) is 7.90. The van der Waals surface area contributed by atoms with Crippen LogP contribution in [0, 0.1) is 6.92 Å². The molecule has 3 aromatic rings. The predicted molar refractivity (Wildman–Crippen MR) is 108 cm³/mol. The summed E-state index contributed by atoms with van der Waals surface area (Å²) in [6.45, 7) is 3.48. The SMILES string of the molecule is Cc1ccn(NCc2c(-c3ccccc3)nn(C)c2Cl)c(=O)c1C(C)C(=O)O. The lowest BCUT2D eigenvalue weighted by atomic mass is 9.99. The van der Waals surface area contributed by atoms with Crippen LogP contribution in [-0.2, 0) is 18.4 Å². The van der Waals surface area contributed by atoms with Crippen LogP contribution in [0.2, 0.25) is 5.15 Å². The van der Waals surface area contributed by atoms with Gasteiger partial charge in [-0.15, -0.1) is 0 Å². The second-order valence-corrected chi connectivity index (χ2v) is 6.95. The lowest BCUT2D eigenvalue weighted by molar-refractivity contribution is -0.138. The van der Waals surface area contributed by atoms with Crippen molar-refractivity contribution in [1.82, 2.24) is 14.5 Å². The van der Waals surface area contributed by atoms with E-state index in [-0.39, 0.29) is 12.1 Å². The summed E-state index contributed by atoms with van der Waals surface area (Å²) in [5.41, 5.74) is 5.91. The third kappa shape index (κ3) is 3.66. The van der Waals surface area contributed by atoms with Gasteiger partial charge in [-0.1, -0.05) is 41.9 Å². The number of benzene rings is 1. The molecular formula is C20H21ClN4O3. The topological polar surface area (TPSA) is 89.2 Å². The van der Waals surface area contributed by atoms with Crippen LogP contribution in [0.25, 0.3) is 11.3 Å². The number of nitrogens with one attached hydrogen (secondary N) is 1. The molecule has 8 heteroatoms. The average Bonchev–Trinajstić information content (AvgIpc) is 2.96. The van der Waals surface area contributed by atoms with Gasteiger partial charge in [0.2, 0.25) is 0 Å². The van der Waals surface area contributed by atoms with E-state index < -0.39 is 17.4 Å². The van der Waals surface area contributed by atoms with Crippen LogP contribution in [0.3, 0.4) is 0 Å². The zero-order chi connectivity index (χ0) is 20.4. The van der Waals surface area contributed by atoms with E-state index in [9.17, 15) is 14.7 Å². The van der Waals surface area contributed by atoms with E-state index in [1.807, 2.05) is 30.3 Å². The first-order valence-corrected chi connectivity index (χ1v) is 9.14. The number of nitrogens with zero attached hydrogens (tertiary/aromatic N) is 3. The molecule has 0 spiro atoms. The Balaban J connectivity index is 1.95. The summed E-state index contributed by atoms with van der Waals surface area (Å²) in [5.74, 6) is -1.94. The van der Waals surface area contributed by atoms with Crippen LogP contribution in [0.4, 0.5) is 0 Å². The molecule has 146 valence electrons. The minimum atomic E-state index is -1.04. The summed E-state index contributed by atoms with van der Waals surface area (Å²) < 4.78 is 2.87. The van der Waals surface area contributed by atoms with Crippen molar-refractivity contribution in [3.05, 3.63) is 74.8 Å². The van der Waals surface area contributed by atoms with Gasteiger partial charge in [-0.25, -0.2) is 4.68 Å². The summed E-state index contributed by atoms with van der Waals surface area (Å²) in [6.07, 6.45) is 1.59. The number of halogens is 1. The van der Waals surface area contributed by atoms with Gasteiger partial charge in [-0.3, -0.25) is 14.3 Å². The number of carboxylic acids is 1. The number of aliphatic carboxylic acids is 1. The van der Waals surface area contributed by atoms with E-state index in [2.05, 4.69) is 10.5 Å². The van der Waals surface area contributed by atoms with Crippen molar-refractivity contribution in [2.24, 2.45) is 7.05 Å². The molecule has 0 radical (unpaired) electrons. The van der Waals surface area contributed by atoms with Crippen LogP contribution >= 0.6 is 11.6 Å². The summed E-state index contributed by atoms with van der Waals surface area (Å²) in [7, 11) is 1.75. The number of hydrogen-bond acceptors (Lipinski definition) is 4. The standard InChI is InChI=1S/C20H21ClN4O3/c1-12-9-10-25(19(26)16(12)13(2)20(27)28)22-11-15-17(23-24(3)18(15)21)14-7-5-4-6-8-14/h4-10,13,22H,11H2,1-3H3,(H,27,28). The molecule has 0 saturated heterocycles. The molecule has 1 aromatic carbocycles. The number of pyridine rings is 1. The quantitative estimate of drug-likeness (QED) is 0.663. The van der Waals surface area contributed by atoms with Crippen LogP contribution in [-0.4, -0.2) is 25.5 Å². The molecule has 28 heavy (non-hydrogen) atoms. The Labute approximate surface area is 167 Å². The van der Waals surface area contributed by atoms with Gasteiger partial charge in [-0.05, 0) is 25.5 Å². The molecule has 3 rings (SSSR count). The third-order valence-corrected chi connectivity index (χ3v) is 5.17. The third-order valence-electron chi connectivity index (χ3n) is 4.69. The summed E-state index contributed by atoms with van der Waals surface area (Å²) >= 11 is 6.41. The van der Waals surface area contributed by atoms with Crippen molar-refractivity contribution < 1.29 is 9.90 Å². The molecule has 0 fully saturated rings. The van der Waals surface area contributed by atoms with Crippen LogP contribution in [0.1, 0.15) is 29.5 Å². The monoisotopic (exact) mass is 400 g/mol. The van der Waals surface area contributed by atoms with Crippen molar-refractivity contribution in [2.75, 3.05) is 5.43 Å². The van der Waals surface area contributed by atoms with Gasteiger partial charge in [0.1, 0.15) is 5.15 Å². The molecule has 0 aliphatic heterocycles. The van der Waals surface area contributed by atoms with Crippen molar-refractivity contribution in [3.63, 3.8) is 0 Å². The Kier molecular flexibility index (Phi) is 5.56.